The number of rotatable bonds is 2. The molecular formula is C17H24N2O3. The van der Waals surface area contributed by atoms with Crippen molar-refractivity contribution in [2.24, 2.45) is 0 Å². The average molecular weight is 304 g/mol. The number of piperazine rings is 1. The second kappa shape index (κ2) is 6.08. The second-order valence-electron chi connectivity index (χ2n) is 6.91. The van der Waals surface area contributed by atoms with Crippen LogP contribution in [-0.2, 0) is 10.2 Å². The molecule has 1 saturated heterocycles. The molecule has 1 fully saturated rings. The summed E-state index contributed by atoms with van der Waals surface area (Å²) in [4.78, 5) is 27.2. The quantitative estimate of drug-likeness (QED) is 0.905. The van der Waals surface area contributed by atoms with Gasteiger partial charge in [-0.2, -0.15) is 0 Å². The number of carbonyl (C=O) groups excluding carboxylic acids is 1. The Hall–Kier alpha value is -1.88. The van der Waals surface area contributed by atoms with Gasteiger partial charge in [-0.1, -0.05) is 32.9 Å². The van der Waals surface area contributed by atoms with Gasteiger partial charge < -0.3 is 10.0 Å². The van der Waals surface area contributed by atoms with E-state index < -0.39 is 12.0 Å². The summed E-state index contributed by atoms with van der Waals surface area (Å²) in [5.74, 6) is -0.983. The summed E-state index contributed by atoms with van der Waals surface area (Å²) < 4.78 is 0. The van der Waals surface area contributed by atoms with E-state index in [4.69, 9.17) is 0 Å². The third-order valence-electron chi connectivity index (χ3n) is 4.22. The van der Waals surface area contributed by atoms with Gasteiger partial charge >= 0.3 is 5.97 Å². The SMILES string of the molecule is CN1CCN(C(=O)c2ccc(C(C)(C)C)cc2)C[C@@H]1C(=O)O. The molecule has 5 heteroatoms. The zero-order valence-electron chi connectivity index (χ0n) is 13.7. The summed E-state index contributed by atoms with van der Waals surface area (Å²) in [6.45, 7) is 7.74. The van der Waals surface area contributed by atoms with Crippen LogP contribution in [0.5, 0.6) is 0 Å². The topological polar surface area (TPSA) is 60.9 Å². The number of carboxylic acid groups (broad SMARTS) is 1. The van der Waals surface area contributed by atoms with E-state index in [2.05, 4.69) is 20.8 Å². The van der Waals surface area contributed by atoms with Crippen LogP contribution in [0.15, 0.2) is 24.3 Å². The number of hydrogen-bond donors (Lipinski definition) is 1. The first-order valence-electron chi connectivity index (χ1n) is 7.53. The molecule has 1 N–H and O–H groups in total. The van der Waals surface area contributed by atoms with E-state index in [1.807, 2.05) is 24.3 Å². The van der Waals surface area contributed by atoms with Crippen molar-refractivity contribution >= 4 is 11.9 Å². The van der Waals surface area contributed by atoms with Gasteiger partial charge in [0.2, 0.25) is 0 Å². The maximum Gasteiger partial charge on any atom is 0.322 e. The lowest BCUT2D eigenvalue weighted by Gasteiger charge is -2.37. The monoisotopic (exact) mass is 304 g/mol. The Kier molecular flexibility index (Phi) is 4.56. The van der Waals surface area contributed by atoms with Gasteiger partial charge in [0.15, 0.2) is 0 Å². The van der Waals surface area contributed by atoms with Crippen molar-refractivity contribution in [2.75, 3.05) is 26.7 Å². The highest BCUT2D eigenvalue weighted by atomic mass is 16.4. The highest BCUT2D eigenvalue weighted by Crippen LogP contribution is 2.23. The summed E-state index contributed by atoms with van der Waals surface area (Å²) in [5.41, 5.74) is 1.83. The number of benzene rings is 1. The minimum Gasteiger partial charge on any atom is -0.480 e. The molecule has 1 aromatic carbocycles. The normalized spacial score (nSPS) is 20.0. The minimum absolute atomic E-state index is 0.0455. The fraction of sp³-hybridized carbons (Fsp3) is 0.529. The number of aliphatic carboxylic acids is 1. The maximum atomic E-state index is 12.6. The summed E-state index contributed by atoms with van der Waals surface area (Å²) in [5, 5.41) is 9.23. The van der Waals surface area contributed by atoms with Crippen molar-refractivity contribution in [3.05, 3.63) is 35.4 Å². The van der Waals surface area contributed by atoms with Crippen molar-refractivity contribution in [2.45, 2.75) is 32.2 Å². The summed E-state index contributed by atoms with van der Waals surface area (Å²) >= 11 is 0. The fourth-order valence-electron chi connectivity index (χ4n) is 2.62. The predicted octanol–water partition coefficient (Wildman–Crippen LogP) is 1.82. The van der Waals surface area contributed by atoms with Crippen molar-refractivity contribution in [1.82, 2.24) is 9.80 Å². The van der Waals surface area contributed by atoms with Crippen LogP contribution < -0.4 is 0 Å². The third kappa shape index (κ3) is 3.47. The van der Waals surface area contributed by atoms with Gasteiger partial charge in [-0.25, -0.2) is 0 Å². The predicted molar refractivity (Wildman–Crippen MR) is 85.1 cm³/mol. The smallest absolute Gasteiger partial charge is 0.322 e. The molecule has 1 amide bonds. The molecule has 2 rings (SSSR count). The van der Waals surface area contributed by atoms with Crippen LogP contribution in [0.4, 0.5) is 0 Å². The molecule has 0 radical (unpaired) electrons. The summed E-state index contributed by atoms with van der Waals surface area (Å²) in [7, 11) is 1.78. The van der Waals surface area contributed by atoms with Crippen molar-refractivity contribution in [1.29, 1.82) is 0 Å². The number of carboxylic acids is 1. The number of amides is 1. The molecule has 120 valence electrons. The average Bonchev–Trinajstić information content (AvgIpc) is 2.46. The third-order valence-corrected chi connectivity index (χ3v) is 4.22. The lowest BCUT2D eigenvalue weighted by atomic mass is 9.86. The molecule has 1 aromatic rings. The van der Waals surface area contributed by atoms with E-state index in [0.717, 1.165) is 0 Å². The van der Waals surface area contributed by atoms with Gasteiger partial charge in [0, 0.05) is 25.2 Å². The van der Waals surface area contributed by atoms with Crippen LogP contribution in [0.1, 0.15) is 36.7 Å². The lowest BCUT2D eigenvalue weighted by Crippen LogP contribution is -2.56. The molecule has 22 heavy (non-hydrogen) atoms. The molecule has 1 heterocycles. The first kappa shape index (κ1) is 16.5. The first-order chi connectivity index (χ1) is 10.2. The maximum absolute atomic E-state index is 12.6. The highest BCUT2D eigenvalue weighted by molar-refractivity contribution is 5.94. The lowest BCUT2D eigenvalue weighted by molar-refractivity contribution is -0.144. The number of carbonyl (C=O) groups is 2. The Balaban J connectivity index is 2.13. The largest absolute Gasteiger partial charge is 0.480 e. The molecule has 0 aliphatic carbocycles. The van der Waals surface area contributed by atoms with E-state index in [1.165, 1.54) is 5.56 Å². The van der Waals surface area contributed by atoms with Crippen molar-refractivity contribution in [3.8, 4) is 0 Å². The molecular weight excluding hydrogens is 280 g/mol. The van der Waals surface area contributed by atoms with E-state index in [-0.39, 0.29) is 17.9 Å². The molecule has 1 atom stereocenters. The van der Waals surface area contributed by atoms with Crippen LogP contribution in [0.2, 0.25) is 0 Å². The van der Waals surface area contributed by atoms with Gasteiger partial charge in [0.1, 0.15) is 6.04 Å². The van der Waals surface area contributed by atoms with Gasteiger partial charge in [0.25, 0.3) is 5.91 Å². The van der Waals surface area contributed by atoms with Crippen LogP contribution in [0.3, 0.4) is 0 Å². The first-order valence-corrected chi connectivity index (χ1v) is 7.53. The van der Waals surface area contributed by atoms with Crippen LogP contribution >= 0.6 is 0 Å². The molecule has 1 aliphatic rings. The van der Waals surface area contributed by atoms with Gasteiger partial charge in [-0.15, -0.1) is 0 Å². The molecule has 0 unspecified atom stereocenters. The Morgan fingerprint density at radius 3 is 2.23 bits per heavy atom. The molecule has 5 nitrogen and oxygen atoms in total. The fourth-order valence-corrected chi connectivity index (χ4v) is 2.62. The van der Waals surface area contributed by atoms with E-state index >= 15 is 0 Å². The number of likely N-dealkylation sites (N-methyl/N-ethyl adjacent to an activating group) is 1. The summed E-state index contributed by atoms with van der Waals surface area (Å²) in [6.07, 6.45) is 0. The standard InChI is InChI=1S/C17H24N2O3/c1-17(2,3)13-7-5-12(6-8-13)15(20)19-10-9-18(4)14(11-19)16(21)22/h5-8,14H,9-11H2,1-4H3,(H,21,22)/t14-/m1/s1. The Morgan fingerprint density at radius 2 is 1.73 bits per heavy atom. The van der Waals surface area contributed by atoms with E-state index in [0.29, 0.717) is 18.7 Å². The molecule has 1 aliphatic heterocycles. The van der Waals surface area contributed by atoms with Crippen LogP contribution in [0, 0.1) is 0 Å². The molecule has 0 saturated carbocycles. The van der Waals surface area contributed by atoms with Crippen molar-refractivity contribution in [3.63, 3.8) is 0 Å². The van der Waals surface area contributed by atoms with Crippen LogP contribution in [-0.4, -0.2) is 59.5 Å². The van der Waals surface area contributed by atoms with Gasteiger partial charge in [-0.05, 0) is 30.2 Å². The highest BCUT2D eigenvalue weighted by Gasteiger charge is 2.32. The zero-order valence-corrected chi connectivity index (χ0v) is 13.7. The van der Waals surface area contributed by atoms with Gasteiger partial charge in [0.05, 0.1) is 0 Å². The van der Waals surface area contributed by atoms with E-state index in [1.54, 1.807) is 16.8 Å². The van der Waals surface area contributed by atoms with E-state index in [9.17, 15) is 14.7 Å². The second-order valence-corrected chi connectivity index (χ2v) is 6.91. The Labute approximate surface area is 131 Å². The van der Waals surface area contributed by atoms with Crippen LogP contribution in [0.25, 0.3) is 0 Å². The Bertz CT molecular complexity index is 560. The number of hydrogen-bond acceptors (Lipinski definition) is 3. The van der Waals surface area contributed by atoms with Gasteiger partial charge in [-0.3, -0.25) is 14.5 Å². The Morgan fingerprint density at radius 1 is 1.14 bits per heavy atom. The molecule has 0 aromatic heterocycles. The summed E-state index contributed by atoms with van der Waals surface area (Å²) in [6, 6.07) is 6.97. The zero-order chi connectivity index (χ0) is 16.5. The number of nitrogens with zero attached hydrogens (tertiary/aromatic N) is 2. The molecule has 0 spiro atoms. The van der Waals surface area contributed by atoms with Crippen molar-refractivity contribution < 1.29 is 14.7 Å². The molecule has 0 bridgehead atoms. The minimum atomic E-state index is -0.886.